The molecule has 18 heavy (non-hydrogen) atoms. The van der Waals surface area contributed by atoms with Gasteiger partial charge in [0.2, 0.25) is 11.8 Å². The SMILES string of the molecule is CN1CCN(C(=O)C(C(F)(F)F)C(F)(F)F)CC1. The molecule has 0 N–H and O–H groups in total. The van der Waals surface area contributed by atoms with Gasteiger partial charge in [-0.15, -0.1) is 0 Å². The minimum atomic E-state index is -5.61. The zero-order valence-electron chi connectivity index (χ0n) is 9.48. The predicted molar refractivity (Wildman–Crippen MR) is 49.7 cm³/mol. The van der Waals surface area contributed by atoms with Gasteiger partial charge in [0.05, 0.1) is 0 Å². The zero-order chi connectivity index (χ0) is 14.1. The van der Waals surface area contributed by atoms with Crippen molar-refractivity contribution in [1.82, 2.24) is 9.80 Å². The molecule has 0 atom stereocenters. The number of piperazine rings is 1. The fourth-order valence-electron chi connectivity index (χ4n) is 1.68. The summed E-state index contributed by atoms with van der Waals surface area (Å²) in [6.07, 6.45) is -11.2. The monoisotopic (exact) mass is 278 g/mol. The number of halogens is 6. The lowest BCUT2D eigenvalue weighted by Crippen LogP contribution is -2.54. The molecular weight excluding hydrogens is 266 g/mol. The number of hydrogen-bond donors (Lipinski definition) is 0. The summed E-state index contributed by atoms with van der Waals surface area (Å²) >= 11 is 0. The van der Waals surface area contributed by atoms with Crippen molar-refractivity contribution < 1.29 is 31.1 Å². The second-order valence-corrected chi connectivity index (χ2v) is 4.14. The topological polar surface area (TPSA) is 23.6 Å². The number of rotatable bonds is 1. The van der Waals surface area contributed by atoms with E-state index >= 15 is 0 Å². The van der Waals surface area contributed by atoms with Gasteiger partial charge in [-0.3, -0.25) is 4.79 Å². The normalized spacial score (nSPS) is 19.4. The van der Waals surface area contributed by atoms with E-state index in [-0.39, 0.29) is 26.2 Å². The summed E-state index contributed by atoms with van der Waals surface area (Å²) in [6.45, 7) is 0.262. The number of nitrogens with zero attached hydrogens (tertiary/aromatic N) is 2. The highest BCUT2D eigenvalue weighted by Crippen LogP contribution is 2.40. The molecule has 9 heteroatoms. The largest absolute Gasteiger partial charge is 0.409 e. The van der Waals surface area contributed by atoms with Crippen molar-refractivity contribution >= 4 is 5.91 Å². The van der Waals surface area contributed by atoms with Crippen LogP contribution in [0.25, 0.3) is 0 Å². The van der Waals surface area contributed by atoms with Gasteiger partial charge < -0.3 is 9.80 Å². The van der Waals surface area contributed by atoms with E-state index in [4.69, 9.17) is 0 Å². The Labute approximate surface area is 99.3 Å². The molecule has 3 nitrogen and oxygen atoms in total. The second kappa shape index (κ2) is 4.94. The molecule has 1 heterocycles. The van der Waals surface area contributed by atoms with Gasteiger partial charge in [-0.1, -0.05) is 0 Å². The first-order chi connectivity index (χ1) is 8.03. The Hall–Kier alpha value is -0.990. The molecule has 0 aromatic heterocycles. The fourth-order valence-corrected chi connectivity index (χ4v) is 1.68. The van der Waals surface area contributed by atoms with Crippen LogP contribution in [0.1, 0.15) is 0 Å². The summed E-state index contributed by atoms with van der Waals surface area (Å²) in [7, 11) is 1.67. The van der Waals surface area contributed by atoms with Crippen molar-refractivity contribution in [1.29, 1.82) is 0 Å². The maximum Gasteiger partial charge on any atom is 0.409 e. The number of alkyl halides is 6. The Morgan fingerprint density at radius 2 is 1.33 bits per heavy atom. The van der Waals surface area contributed by atoms with Gasteiger partial charge in [0.15, 0.2) is 0 Å². The molecule has 0 unspecified atom stereocenters. The summed E-state index contributed by atoms with van der Waals surface area (Å²) < 4.78 is 73.9. The van der Waals surface area contributed by atoms with E-state index in [2.05, 4.69) is 0 Å². The Morgan fingerprint density at radius 1 is 0.944 bits per heavy atom. The number of likely N-dealkylation sites (N-methyl/N-ethyl adjacent to an activating group) is 1. The van der Waals surface area contributed by atoms with Gasteiger partial charge in [0, 0.05) is 26.2 Å². The van der Waals surface area contributed by atoms with E-state index in [1.165, 1.54) is 0 Å². The highest BCUT2D eigenvalue weighted by molar-refractivity contribution is 5.80. The standard InChI is InChI=1S/C9H12F6N2O/c1-16-2-4-17(5-3-16)7(18)6(8(10,11)12)9(13,14)15/h6H,2-5H2,1H3. The van der Waals surface area contributed by atoms with Crippen molar-refractivity contribution in [3.63, 3.8) is 0 Å². The minimum absolute atomic E-state index is 0.127. The Kier molecular flexibility index (Phi) is 4.14. The lowest BCUT2D eigenvalue weighted by Gasteiger charge is -2.35. The zero-order valence-corrected chi connectivity index (χ0v) is 9.48. The molecule has 1 fully saturated rings. The van der Waals surface area contributed by atoms with E-state index in [0.717, 1.165) is 0 Å². The average Bonchev–Trinajstić information content (AvgIpc) is 2.13. The van der Waals surface area contributed by atoms with E-state index in [0.29, 0.717) is 4.90 Å². The third kappa shape index (κ3) is 3.50. The van der Waals surface area contributed by atoms with Gasteiger partial charge in [-0.05, 0) is 7.05 Å². The molecule has 0 aliphatic carbocycles. The van der Waals surface area contributed by atoms with Crippen molar-refractivity contribution in [2.45, 2.75) is 12.4 Å². The summed E-state index contributed by atoms with van der Waals surface area (Å²) in [4.78, 5) is 13.7. The molecule has 0 spiro atoms. The fraction of sp³-hybridized carbons (Fsp3) is 0.889. The van der Waals surface area contributed by atoms with Crippen molar-refractivity contribution in [2.24, 2.45) is 5.92 Å². The van der Waals surface area contributed by atoms with Crippen LogP contribution in [0.5, 0.6) is 0 Å². The molecule has 0 bridgehead atoms. The first kappa shape index (κ1) is 15.1. The molecule has 106 valence electrons. The molecule has 1 aliphatic heterocycles. The molecule has 0 saturated carbocycles. The summed E-state index contributed by atoms with van der Waals surface area (Å²) in [5, 5.41) is 0. The van der Waals surface area contributed by atoms with Gasteiger partial charge >= 0.3 is 12.4 Å². The maximum atomic E-state index is 12.3. The van der Waals surface area contributed by atoms with Crippen LogP contribution in [0.3, 0.4) is 0 Å². The van der Waals surface area contributed by atoms with Crippen LogP contribution in [-0.4, -0.2) is 61.3 Å². The first-order valence-corrected chi connectivity index (χ1v) is 5.14. The number of carbonyl (C=O) groups is 1. The highest BCUT2D eigenvalue weighted by atomic mass is 19.4. The molecular formula is C9H12F6N2O. The molecule has 1 saturated heterocycles. The summed E-state index contributed by atoms with van der Waals surface area (Å²) in [5.41, 5.74) is 0. The number of hydrogen-bond acceptors (Lipinski definition) is 2. The van der Waals surface area contributed by atoms with Crippen LogP contribution in [-0.2, 0) is 4.79 Å². The summed E-state index contributed by atoms with van der Waals surface area (Å²) in [5.74, 6) is -5.84. The van der Waals surface area contributed by atoms with E-state index in [1.54, 1.807) is 11.9 Å². The van der Waals surface area contributed by atoms with Gasteiger partial charge in [-0.25, -0.2) is 0 Å². The van der Waals surface area contributed by atoms with Crippen LogP contribution in [0.4, 0.5) is 26.3 Å². The minimum Gasteiger partial charge on any atom is -0.339 e. The van der Waals surface area contributed by atoms with E-state index in [9.17, 15) is 31.1 Å². The van der Waals surface area contributed by atoms with E-state index in [1.807, 2.05) is 0 Å². The molecule has 1 aliphatic rings. The quantitative estimate of drug-likeness (QED) is 0.679. The lowest BCUT2D eigenvalue weighted by atomic mass is 10.1. The van der Waals surface area contributed by atoms with Crippen molar-refractivity contribution in [2.75, 3.05) is 33.2 Å². The van der Waals surface area contributed by atoms with E-state index < -0.39 is 24.2 Å². The third-order valence-corrected chi connectivity index (χ3v) is 2.72. The van der Waals surface area contributed by atoms with Gasteiger partial charge in [0.1, 0.15) is 0 Å². The molecule has 1 rings (SSSR count). The highest BCUT2D eigenvalue weighted by Gasteiger charge is 2.62. The lowest BCUT2D eigenvalue weighted by molar-refractivity contribution is -0.277. The van der Waals surface area contributed by atoms with Gasteiger partial charge in [-0.2, -0.15) is 26.3 Å². The van der Waals surface area contributed by atoms with Crippen molar-refractivity contribution in [3.8, 4) is 0 Å². The Bertz CT molecular complexity index is 291. The van der Waals surface area contributed by atoms with Crippen LogP contribution in [0, 0.1) is 5.92 Å². The third-order valence-electron chi connectivity index (χ3n) is 2.72. The second-order valence-electron chi connectivity index (χ2n) is 4.14. The number of amides is 1. The average molecular weight is 278 g/mol. The molecule has 0 aromatic rings. The van der Waals surface area contributed by atoms with Crippen molar-refractivity contribution in [3.05, 3.63) is 0 Å². The first-order valence-electron chi connectivity index (χ1n) is 5.14. The molecule has 1 amide bonds. The predicted octanol–water partition coefficient (Wildman–Crippen LogP) is 1.50. The summed E-state index contributed by atoms with van der Waals surface area (Å²) in [6, 6.07) is 0. The maximum absolute atomic E-state index is 12.3. The molecule has 0 radical (unpaired) electrons. The Balaban J connectivity index is 2.84. The van der Waals surface area contributed by atoms with Crippen LogP contribution >= 0.6 is 0 Å². The smallest absolute Gasteiger partial charge is 0.339 e. The van der Waals surface area contributed by atoms with Crippen LogP contribution in [0.15, 0.2) is 0 Å². The molecule has 0 aromatic carbocycles. The van der Waals surface area contributed by atoms with Crippen LogP contribution < -0.4 is 0 Å². The van der Waals surface area contributed by atoms with Gasteiger partial charge in [0.25, 0.3) is 0 Å². The Morgan fingerprint density at radius 3 is 1.67 bits per heavy atom. The number of carbonyl (C=O) groups excluding carboxylic acids is 1. The van der Waals surface area contributed by atoms with Crippen LogP contribution in [0.2, 0.25) is 0 Å².